The minimum Gasteiger partial charge on any atom is -0.370 e. The molecule has 2 rings (SSSR count). The monoisotopic (exact) mass is 220 g/mol. The third kappa shape index (κ3) is 2.99. The molecule has 2 aromatic heterocycles. The molecule has 0 radical (unpaired) electrons. The van der Waals surface area contributed by atoms with Gasteiger partial charge in [-0.3, -0.25) is 0 Å². The Kier molecular flexibility index (Phi) is 3.24. The zero-order valence-electron chi connectivity index (χ0n) is 8.47. The second-order valence-electron chi connectivity index (χ2n) is 3.15. The average Bonchev–Trinajstić information content (AvgIpc) is 2.71. The molecule has 0 aromatic carbocycles. The van der Waals surface area contributed by atoms with Gasteiger partial charge in [0.15, 0.2) is 0 Å². The van der Waals surface area contributed by atoms with Crippen molar-refractivity contribution in [2.24, 2.45) is 0 Å². The standard InChI is InChI=1S/C10H12N4S/c1-8-6-9(14-7-13-8)11-3-2-10-12-4-5-15-10/h4-7H,2-3H2,1H3,(H,11,13,14). The van der Waals surface area contributed by atoms with Crippen molar-refractivity contribution >= 4 is 17.2 Å². The SMILES string of the molecule is Cc1cc(NCCc2nccs2)ncn1. The lowest BCUT2D eigenvalue weighted by atomic mass is 10.4. The third-order valence-corrected chi connectivity index (χ3v) is 2.77. The van der Waals surface area contributed by atoms with E-state index in [-0.39, 0.29) is 0 Å². The largest absolute Gasteiger partial charge is 0.370 e. The van der Waals surface area contributed by atoms with Crippen molar-refractivity contribution in [2.45, 2.75) is 13.3 Å². The fourth-order valence-electron chi connectivity index (χ4n) is 1.23. The van der Waals surface area contributed by atoms with Gasteiger partial charge in [0.2, 0.25) is 0 Å². The van der Waals surface area contributed by atoms with Gasteiger partial charge in [-0.2, -0.15) is 0 Å². The van der Waals surface area contributed by atoms with Crippen LogP contribution in [-0.4, -0.2) is 21.5 Å². The molecule has 0 bridgehead atoms. The van der Waals surface area contributed by atoms with Gasteiger partial charge >= 0.3 is 0 Å². The van der Waals surface area contributed by atoms with Crippen LogP contribution in [0.15, 0.2) is 24.0 Å². The molecule has 0 amide bonds. The number of anilines is 1. The number of thiazole rings is 1. The lowest BCUT2D eigenvalue weighted by Crippen LogP contribution is -2.06. The molecule has 0 atom stereocenters. The van der Waals surface area contributed by atoms with Gasteiger partial charge in [-0.1, -0.05) is 0 Å². The molecule has 1 N–H and O–H groups in total. The number of nitrogens with one attached hydrogen (secondary N) is 1. The first kappa shape index (κ1) is 10.0. The van der Waals surface area contributed by atoms with E-state index in [0.717, 1.165) is 29.5 Å². The second kappa shape index (κ2) is 4.84. The summed E-state index contributed by atoms with van der Waals surface area (Å²) in [5.41, 5.74) is 0.974. The molecule has 5 heteroatoms. The van der Waals surface area contributed by atoms with E-state index in [9.17, 15) is 0 Å². The number of nitrogens with zero attached hydrogens (tertiary/aromatic N) is 3. The number of aryl methyl sites for hydroxylation is 1. The summed E-state index contributed by atoms with van der Waals surface area (Å²) < 4.78 is 0. The van der Waals surface area contributed by atoms with E-state index in [1.54, 1.807) is 17.7 Å². The molecule has 0 fully saturated rings. The van der Waals surface area contributed by atoms with Crippen LogP contribution in [0.1, 0.15) is 10.7 Å². The van der Waals surface area contributed by atoms with Crippen molar-refractivity contribution < 1.29 is 0 Å². The molecule has 15 heavy (non-hydrogen) atoms. The van der Waals surface area contributed by atoms with E-state index in [1.807, 2.05) is 24.6 Å². The molecule has 2 aromatic rings. The van der Waals surface area contributed by atoms with E-state index < -0.39 is 0 Å². The summed E-state index contributed by atoms with van der Waals surface area (Å²) in [4.78, 5) is 12.4. The maximum absolute atomic E-state index is 4.21. The molecule has 2 heterocycles. The smallest absolute Gasteiger partial charge is 0.129 e. The molecule has 0 saturated carbocycles. The molecule has 78 valence electrons. The van der Waals surface area contributed by atoms with E-state index in [2.05, 4.69) is 20.3 Å². The minimum absolute atomic E-state index is 0.851. The predicted molar refractivity (Wildman–Crippen MR) is 61.1 cm³/mol. The van der Waals surface area contributed by atoms with Gasteiger partial charge in [-0.15, -0.1) is 11.3 Å². The Morgan fingerprint density at radius 2 is 2.27 bits per heavy atom. The first-order chi connectivity index (χ1) is 7.34. The van der Waals surface area contributed by atoms with Crippen LogP contribution in [0.5, 0.6) is 0 Å². The Morgan fingerprint density at radius 3 is 3.00 bits per heavy atom. The summed E-state index contributed by atoms with van der Waals surface area (Å²) in [6.45, 7) is 2.80. The number of rotatable bonds is 4. The highest BCUT2D eigenvalue weighted by Gasteiger charge is 1.97. The molecule has 0 aliphatic carbocycles. The highest BCUT2D eigenvalue weighted by molar-refractivity contribution is 7.09. The molecular formula is C10H12N4S. The van der Waals surface area contributed by atoms with Gasteiger partial charge < -0.3 is 5.32 Å². The lowest BCUT2D eigenvalue weighted by molar-refractivity contribution is 0.977. The van der Waals surface area contributed by atoms with Crippen LogP contribution < -0.4 is 5.32 Å². The van der Waals surface area contributed by atoms with E-state index in [1.165, 1.54) is 0 Å². The van der Waals surface area contributed by atoms with Gasteiger partial charge in [0.25, 0.3) is 0 Å². The number of aromatic nitrogens is 3. The first-order valence-corrected chi connectivity index (χ1v) is 5.63. The maximum atomic E-state index is 4.21. The van der Waals surface area contributed by atoms with Crippen LogP contribution in [0.2, 0.25) is 0 Å². The molecule has 0 saturated heterocycles. The van der Waals surface area contributed by atoms with Gasteiger partial charge in [0.05, 0.1) is 5.01 Å². The van der Waals surface area contributed by atoms with Crippen LogP contribution in [-0.2, 0) is 6.42 Å². The maximum Gasteiger partial charge on any atom is 0.129 e. The van der Waals surface area contributed by atoms with Crippen LogP contribution in [0.4, 0.5) is 5.82 Å². The fourth-order valence-corrected chi connectivity index (χ4v) is 1.85. The van der Waals surface area contributed by atoms with Gasteiger partial charge in [-0.05, 0) is 6.92 Å². The van der Waals surface area contributed by atoms with Gasteiger partial charge in [-0.25, -0.2) is 15.0 Å². The highest BCUT2D eigenvalue weighted by atomic mass is 32.1. The summed E-state index contributed by atoms with van der Waals surface area (Å²) in [7, 11) is 0. The Hall–Kier alpha value is -1.49. The summed E-state index contributed by atoms with van der Waals surface area (Å²) in [5, 5.41) is 6.38. The molecule has 0 unspecified atom stereocenters. The van der Waals surface area contributed by atoms with Crippen molar-refractivity contribution in [2.75, 3.05) is 11.9 Å². The second-order valence-corrected chi connectivity index (χ2v) is 4.13. The van der Waals surface area contributed by atoms with Crippen molar-refractivity contribution in [3.63, 3.8) is 0 Å². The van der Waals surface area contributed by atoms with E-state index >= 15 is 0 Å². The zero-order valence-corrected chi connectivity index (χ0v) is 9.29. The Morgan fingerprint density at radius 1 is 1.33 bits per heavy atom. The van der Waals surface area contributed by atoms with Gasteiger partial charge in [0, 0.05) is 36.3 Å². The van der Waals surface area contributed by atoms with Crippen molar-refractivity contribution in [3.05, 3.63) is 34.7 Å². The van der Waals surface area contributed by atoms with E-state index in [0.29, 0.717) is 0 Å². The minimum atomic E-state index is 0.851. The average molecular weight is 220 g/mol. The van der Waals surface area contributed by atoms with E-state index in [4.69, 9.17) is 0 Å². The summed E-state index contributed by atoms with van der Waals surface area (Å²) in [6.07, 6.45) is 4.33. The third-order valence-electron chi connectivity index (χ3n) is 1.93. The molecule has 4 nitrogen and oxygen atoms in total. The Labute approximate surface area is 92.4 Å². The lowest BCUT2D eigenvalue weighted by Gasteiger charge is -2.03. The molecular weight excluding hydrogens is 208 g/mol. The molecule has 0 spiro atoms. The van der Waals surface area contributed by atoms with Crippen molar-refractivity contribution in [1.29, 1.82) is 0 Å². The first-order valence-electron chi connectivity index (χ1n) is 4.75. The van der Waals surface area contributed by atoms with Crippen LogP contribution >= 0.6 is 11.3 Å². The quantitative estimate of drug-likeness (QED) is 0.855. The predicted octanol–water partition coefficient (Wildman–Crippen LogP) is 1.90. The summed E-state index contributed by atoms with van der Waals surface area (Å²) in [6, 6.07) is 1.93. The van der Waals surface area contributed by atoms with Gasteiger partial charge in [0.1, 0.15) is 12.1 Å². The topological polar surface area (TPSA) is 50.7 Å². The molecule has 0 aliphatic heterocycles. The van der Waals surface area contributed by atoms with Crippen LogP contribution in [0.3, 0.4) is 0 Å². The summed E-state index contributed by atoms with van der Waals surface area (Å²) >= 11 is 1.68. The van der Waals surface area contributed by atoms with Crippen LogP contribution in [0.25, 0.3) is 0 Å². The van der Waals surface area contributed by atoms with Crippen molar-refractivity contribution in [3.8, 4) is 0 Å². The normalized spacial score (nSPS) is 10.2. The Bertz CT molecular complexity index is 413. The Balaban J connectivity index is 1.83. The zero-order chi connectivity index (χ0) is 10.5. The number of hydrogen-bond donors (Lipinski definition) is 1. The highest BCUT2D eigenvalue weighted by Crippen LogP contribution is 2.06. The molecule has 0 aliphatic rings. The number of hydrogen-bond acceptors (Lipinski definition) is 5. The summed E-state index contributed by atoms with van der Waals surface area (Å²) in [5.74, 6) is 0.874. The fraction of sp³-hybridized carbons (Fsp3) is 0.300. The van der Waals surface area contributed by atoms with Crippen LogP contribution in [0, 0.1) is 6.92 Å². The van der Waals surface area contributed by atoms with Crippen molar-refractivity contribution in [1.82, 2.24) is 15.0 Å².